The molecule has 0 unspecified atom stereocenters. The van der Waals surface area contributed by atoms with Gasteiger partial charge in [-0.1, -0.05) is 6.07 Å². The van der Waals surface area contributed by atoms with Gasteiger partial charge in [0.1, 0.15) is 11.4 Å². The van der Waals surface area contributed by atoms with Crippen molar-refractivity contribution in [2.75, 3.05) is 5.73 Å². The first-order valence-electron chi connectivity index (χ1n) is 5.95. The average Bonchev–Trinajstić information content (AvgIpc) is 2.36. The molecule has 0 bridgehead atoms. The molecule has 1 aromatic heterocycles. The Kier molecular flexibility index (Phi) is 3.75. The molecule has 0 atom stereocenters. The molecule has 0 spiro atoms. The molecule has 0 saturated carbocycles. The van der Waals surface area contributed by atoms with Crippen LogP contribution in [0.3, 0.4) is 0 Å². The fourth-order valence-electron chi connectivity index (χ4n) is 1.52. The maximum absolute atomic E-state index is 9.54. The molecule has 1 heterocycles. The number of hydrogen-bond donors (Lipinski definition) is 2. The van der Waals surface area contributed by atoms with Gasteiger partial charge in [0.2, 0.25) is 0 Å². The molecule has 1 aromatic carbocycles. The van der Waals surface area contributed by atoms with Crippen molar-refractivity contribution in [2.45, 2.75) is 20.0 Å². The number of hydrogen-bond acceptors (Lipinski definition) is 5. The molecular formula is C14H16N2O3. The summed E-state index contributed by atoms with van der Waals surface area (Å²) in [7, 11) is 0. The molecule has 2 aromatic rings. The lowest BCUT2D eigenvalue weighted by Crippen LogP contribution is -2.07. The van der Waals surface area contributed by atoms with E-state index in [9.17, 15) is 5.11 Å². The van der Waals surface area contributed by atoms with Crippen LogP contribution in [0.4, 0.5) is 5.69 Å². The van der Waals surface area contributed by atoms with E-state index in [1.165, 1.54) is 6.07 Å². The number of phenols is 1. The zero-order valence-electron chi connectivity index (χ0n) is 10.8. The first kappa shape index (κ1) is 13.0. The van der Waals surface area contributed by atoms with E-state index >= 15 is 0 Å². The van der Waals surface area contributed by atoms with Gasteiger partial charge in [0, 0.05) is 6.20 Å². The summed E-state index contributed by atoms with van der Waals surface area (Å²) in [6, 6.07) is 8.32. The number of pyridine rings is 1. The Morgan fingerprint density at radius 2 is 1.89 bits per heavy atom. The highest BCUT2D eigenvalue weighted by Crippen LogP contribution is 2.36. The zero-order chi connectivity index (χ0) is 13.8. The number of aromatic hydroxyl groups is 1. The van der Waals surface area contributed by atoms with Crippen molar-refractivity contribution in [1.82, 2.24) is 4.98 Å². The molecule has 5 nitrogen and oxygen atoms in total. The number of nitrogens with zero attached hydrogens (tertiary/aromatic N) is 1. The number of anilines is 1. The van der Waals surface area contributed by atoms with Gasteiger partial charge < -0.3 is 20.3 Å². The standard InChI is InChI=1S/C14H16N2O3/c1-9(2)18-12-7-4-8-16-14(12)19-11-6-3-5-10(17)13(11)15/h3-9,17H,15H2,1-2H3. The maximum Gasteiger partial charge on any atom is 0.262 e. The number of rotatable bonds is 4. The lowest BCUT2D eigenvalue weighted by molar-refractivity contribution is 0.231. The fourth-order valence-corrected chi connectivity index (χ4v) is 1.52. The van der Waals surface area contributed by atoms with Crippen LogP contribution >= 0.6 is 0 Å². The first-order chi connectivity index (χ1) is 9.08. The van der Waals surface area contributed by atoms with Crippen molar-refractivity contribution in [3.8, 4) is 23.1 Å². The van der Waals surface area contributed by atoms with E-state index in [1.54, 1.807) is 30.5 Å². The molecule has 19 heavy (non-hydrogen) atoms. The minimum absolute atomic E-state index is 0.00748. The summed E-state index contributed by atoms with van der Waals surface area (Å²) in [5, 5.41) is 9.54. The average molecular weight is 260 g/mol. The van der Waals surface area contributed by atoms with E-state index < -0.39 is 0 Å². The molecule has 0 aliphatic rings. The summed E-state index contributed by atoms with van der Waals surface area (Å²) in [4.78, 5) is 4.11. The Hall–Kier alpha value is -2.43. The zero-order valence-corrected chi connectivity index (χ0v) is 10.8. The Balaban J connectivity index is 2.30. The highest BCUT2D eigenvalue weighted by Gasteiger charge is 2.12. The predicted molar refractivity (Wildman–Crippen MR) is 72.6 cm³/mol. The molecule has 0 fully saturated rings. The fraction of sp³-hybridized carbons (Fsp3) is 0.214. The molecule has 0 aliphatic carbocycles. The van der Waals surface area contributed by atoms with Gasteiger partial charge in [0.05, 0.1) is 6.10 Å². The topological polar surface area (TPSA) is 77.6 Å². The summed E-state index contributed by atoms with van der Waals surface area (Å²) in [6.07, 6.45) is 1.61. The van der Waals surface area contributed by atoms with Gasteiger partial charge in [-0.15, -0.1) is 0 Å². The molecule has 100 valence electrons. The quantitative estimate of drug-likeness (QED) is 0.652. The molecule has 5 heteroatoms. The molecule has 0 radical (unpaired) electrons. The Bertz CT molecular complexity index is 570. The second-order valence-corrected chi connectivity index (χ2v) is 4.26. The van der Waals surface area contributed by atoms with Crippen molar-refractivity contribution in [3.63, 3.8) is 0 Å². The minimum Gasteiger partial charge on any atom is -0.506 e. The van der Waals surface area contributed by atoms with E-state index in [0.29, 0.717) is 17.4 Å². The van der Waals surface area contributed by atoms with Gasteiger partial charge in [-0.2, -0.15) is 0 Å². The van der Waals surface area contributed by atoms with E-state index in [-0.39, 0.29) is 17.5 Å². The summed E-state index contributed by atoms with van der Waals surface area (Å²) in [6.45, 7) is 3.83. The van der Waals surface area contributed by atoms with Gasteiger partial charge >= 0.3 is 0 Å². The predicted octanol–water partition coefficient (Wildman–Crippen LogP) is 2.95. The second kappa shape index (κ2) is 5.48. The van der Waals surface area contributed by atoms with Crippen LogP contribution in [0.5, 0.6) is 23.1 Å². The van der Waals surface area contributed by atoms with Crippen LogP contribution in [0.25, 0.3) is 0 Å². The third-order valence-electron chi connectivity index (χ3n) is 2.35. The summed E-state index contributed by atoms with van der Waals surface area (Å²) >= 11 is 0. The Morgan fingerprint density at radius 1 is 1.16 bits per heavy atom. The second-order valence-electron chi connectivity index (χ2n) is 4.26. The summed E-state index contributed by atoms with van der Waals surface area (Å²) in [5.41, 5.74) is 5.91. The van der Waals surface area contributed by atoms with Crippen LogP contribution in [0, 0.1) is 0 Å². The van der Waals surface area contributed by atoms with Crippen molar-refractivity contribution >= 4 is 5.69 Å². The number of ether oxygens (including phenoxy) is 2. The monoisotopic (exact) mass is 260 g/mol. The highest BCUT2D eigenvalue weighted by molar-refractivity contribution is 5.62. The summed E-state index contributed by atoms with van der Waals surface area (Å²) in [5.74, 6) is 1.15. The molecule has 0 saturated heterocycles. The third kappa shape index (κ3) is 3.07. The number of phenolic OH excluding ortho intramolecular Hbond substituents is 1. The molecular weight excluding hydrogens is 244 g/mol. The highest BCUT2D eigenvalue weighted by atomic mass is 16.5. The van der Waals surface area contributed by atoms with Crippen LogP contribution in [0.1, 0.15) is 13.8 Å². The van der Waals surface area contributed by atoms with Crippen LogP contribution in [-0.2, 0) is 0 Å². The van der Waals surface area contributed by atoms with Crippen molar-refractivity contribution in [2.24, 2.45) is 0 Å². The largest absolute Gasteiger partial charge is 0.506 e. The maximum atomic E-state index is 9.54. The van der Waals surface area contributed by atoms with Crippen LogP contribution in [0.15, 0.2) is 36.5 Å². The van der Waals surface area contributed by atoms with Gasteiger partial charge in [0.25, 0.3) is 5.88 Å². The van der Waals surface area contributed by atoms with Crippen LogP contribution < -0.4 is 15.2 Å². The normalized spacial score (nSPS) is 10.5. The van der Waals surface area contributed by atoms with E-state index in [0.717, 1.165) is 0 Å². The lowest BCUT2D eigenvalue weighted by Gasteiger charge is -2.14. The molecule has 2 rings (SSSR count). The molecule has 0 aliphatic heterocycles. The number of para-hydroxylation sites is 1. The third-order valence-corrected chi connectivity index (χ3v) is 2.35. The smallest absolute Gasteiger partial charge is 0.262 e. The van der Waals surface area contributed by atoms with Crippen molar-refractivity contribution in [1.29, 1.82) is 0 Å². The Morgan fingerprint density at radius 3 is 2.63 bits per heavy atom. The SMILES string of the molecule is CC(C)Oc1cccnc1Oc1cccc(O)c1N. The van der Waals surface area contributed by atoms with Crippen LogP contribution in [0.2, 0.25) is 0 Å². The molecule has 3 N–H and O–H groups in total. The van der Waals surface area contributed by atoms with E-state index in [1.807, 2.05) is 13.8 Å². The van der Waals surface area contributed by atoms with Crippen molar-refractivity contribution < 1.29 is 14.6 Å². The van der Waals surface area contributed by atoms with E-state index in [4.69, 9.17) is 15.2 Å². The van der Waals surface area contributed by atoms with Crippen LogP contribution in [-0.4, -0.2) is 16.2 Å². The summed E-state index contributed by atoms with van der Waals surface area (Å²) < 4.78 is 11.2. The first-order valence-corrected chi connectivity index (χ1v) is 5.95. The molecule has 0 amide bonds. The number of nitrogens with two attached hydrogens (primary N) is 1. The number of nitrogen functional groups attached to an aromatic ring is 1. The van der Waals surface area contributed by atoms with Gasteiger partial charge in [-0.25, -0.2) is 4.98 Å². The lowest BCUT2D eigenvalue weighted by atomic mass is 10.3. The number of benzene rings is 1. The Labute approximate surface area is 111 Å². The number of aromatic nitrogens is 1. The van der Waals surface area contributed by atoms with E-state index in [2.05, 4.69) is 4.98 Å². The van der Waals surface area contributed by atoms with Crippen molar-refractivity contribution in [3.05, 3.63) is 36.5 Å². The van der Waals surface area contributed by atoms with Gasteiger partial charge in [-0.05, 0) is 38.1 Å². The minimum atomic E-state index is -0.0280. The van der Waals surface area contributed by atoms with Gasteiger partial charge in [-0.3, -0.25) is 0 Å². The van der Waals surface area contributed by atoms with Gasteiger partial charge in [0.15, 0.2) is 11.5 Å².